The normalized spacial score (nSPS) is 13.5. The molecule has 6 heteroatoms. The molecule has 6 nitrogen and oxygen atoms in total. The highest BCUT2D eigenvalue weighted by Gasteiger charge is 2.17. The zero-order valence-corrected chi connectivity index (χ0v) is 19.1. The number of hydrogen-bond acceptors (Lipinski definition) is 5. The van der Waals surface area contributed by atoms with Gasteiger partial charge < -0.3 is 24.1 Å². The van der Waals surface area contributed by atoms with Crippen LogP contribution in [0.15, 0.2) is 78.9 Å². The highest BCUT2D eigenvalue weighted by atomic mass is 16.5. The molecule has 0 bridgehead atoms. The molecule has 0 heterocycles. The van der Waals surface area contributed by atoms with E-state index in [9.17, 15) is 4.79 Å². The Hall–Kier alpha value is -3.51. The predicted molar refractivity (Wildman–Crippen MR) is 126 cm³/mol. The Morgan fingerprint density at radius 3 is 1.76 bits per heavy atom. The van der Waals surface area contributed by atoms with Crippen molar-refractivity contribution in [3.05, 3.63) is 84.4 Å². The molecule has 0 unspecified atom stereocenters. The first kappa shape index (κ1) is 24.1. The molecule has 0 aliphatic heterocycles. The van der Waals surface area contributed by atoms with Crippen molar-refractivity contribution in [2.75, 3.05) is 7.11 Å². The molecule has 0 saturated carbocycles. The van der Waals surface area contributed by atoms with Crippen LogP contribution in [0.5, 0.6) is 23.0 Å². The summed E-state index contributed by atoms with van der Waals surface area (Å²) in [7, 11) is 1.40. The number of carbonyl (C=O) groups is 1. The number of benzene rings is 3. The topological polar surface area (TPSA) is 74.2 Å². The predicted octanol–water partition coefficient (Wildman–Crippen LogP) is 5.75. The van der Waals surface area contributed by atoms with Crippen LogP contribution >= 0.6 is 0 Å². The SMILES string of the molecule is CO[C@@H](Cc1ccc(O[C@H](C)C[C@@H](C)Oc2ccc(Oc3ccccc3)cc2)cc1)C(=O)O. The number of hydrogen-bond donors (Lipinski definition) is 1. The Bertz CT molecular complexity index is 985. The third-order valence-corrected chi connectivity index (χ3v) is 5.05. The molecule has 33 heavy (non-hydrogen) atoms. The average Bonchev–Trinajstić information content (AvgIpc) is 2.80. The summed E-state index contributed by atoms with van der Waals surface area (Å²) in [6, 6.07) is 24.6. The molecular weight excluding hydrogens is 420 g/mol. The molecule has 0 fully saturated rings. The fourth-order valence-electron chi connectivity index (χ4n) is 3.43. The molecule has 0 radical (unpaired) electrons. The summed E-state index contributed by atoms with van der Waals surface area (Å²) in [5, 5.41) is 9.10. The number of ether oxygens (including phenoxy) is 4. The van der Waals surface area contributed by atoms with Gasteiger partial charge >= 0.3 is 5.97 Å². The van der Waals surface area contributed by atoms with Crippen molar-refractivity contribution in [2.24, 2.45) is 0 Å². The molecule has 0 aliphatic rings. The second-order valence-corrected chi connectivity index (χ2v) is 7.89. The molecule has 0 aliphatic carbocycles. The maximum atomic E-state index is 11.1. The number of carboxylic acid groups (broad SMARTS) is 1. The third-order valence-electron chi connectivity index (χ3n) is 5.05. The highest BCUT2D eigenvalue weighted by Crippen LogP contribution is 2.25. The van der Waals surface area contributed by atoms with E-state index in [2.05, 4.69) is 0 Å². The Morgan fingerprint density at radius 1 is 0.758 bits per heavy atom. The lowest BCUT2D eigenvalue weighted by atomic mass is 10.1. The van der Waals surface area contributed by atoms with Crippen molar-refractivity contribution in [1.82, 2.24) is 0 Å². The molecular formula is C27H30O6. The molecule has 0 amide bonds. The lowest BCUT2D eigenvalue weighted by Crippen LogP contribution is -2.24. The third kappa shape index (κ3) is 7.84. The molecule has 3 aromatic rings. The van der Waals surface area contributed by atoms with Gasteiger partial charge in [0, 0.05) is 20.0 Å². The first-order valence-corrected chi connectivity index (χ1v) is 10.9. The highest BCUT2D eigenvalue weighted by molar-refractivity contribution is 5.72. The number of rotatable bonds is 12. The van der Waals surface area contributed by atoms with Gasteiger partial charge in [-0.3, -0.25) is 0 Å². The van der Waals surface area contributed by atoms with Gasteiger partial charge in [0.05, 0.1) is 12.2 Å². The minimum Gasteiger partial charge on any atom is -0.491 e. The van der Waals surface area contributed by atoms with E-state index in [4.69, 9.17) is 24.1 Å². The minimum atomic E-state index is -0.973. The number of aliphatic carboxylic acids is 1. The molecule has 174 valence electrons. The monoisotopic (exact) mass is 450 g/mol. The Kier molecular flexibility index (Phi) is 8.72. The van der Waals surface area contributed by atoms with Crippen LogP contribution in [-0.4, -0.2) is 36.5 Å². The quantitative estimate of drug-likeness (QED) is 0.379. The molecule has 1 N–H and O–H groups in total. The van der Waals surface area contributed by atoms with E-state index in [1.54, 1.807) is 0 Å². The van der Waals surface area contributed by atoms with E-state index in [-0.39, 0.29) is 12.2 Å². The number of carboxylic acids is 1. The van der Waals surface area contributed by atoms with E-state index in [0.29, 0.717) is 12.8 Å². The van der Waals surface area contributed by atoms with Crippen molar-refractivity contribution in [1.29, 1.82) is 0 Å². The molecule has 0 aromatic heterocycles. The fourth-order valence-corrected chi connectivity index (χ4v) is 3.43. The maximum Gasteiger partial charge on any atom is 0.333 e. The molecule has 3 rings (SSSR count). The zero-order valence-electron chi connectivity index (χ0n) is 19.1. The summed E-state index contributed by atoms with van der Waals surface area (Å²) in [4.78, 5) is 11.1. The van der Waals surface area contributed by atoms with Crippen molar-refractivity contribution >= 4 is 5.97 Å². The smallest absolute Gasteiger partial charge is 0.333 e. The van der Waals surface area contributed by atoms with Gasteiger partial charge in [-0.25, -0.2) is 4.79 Å². The van der Waals surface area contributed by atoms with Gasteiger partial charge in [-0.1, -0.05) is 30.3 Å². The van der Waals surface area contributed by atoms with Gasteiger partial charge in [0.25, 0.3) is 0 Å². The van der Waals surface area contributed by atoms with E-state index in [1.807, 2.05) is 92.7 Å². The van der Waals surface area contributed by atoms with Crippen LogP contribution in [0, 0.1) is 0 Å². The van der Waals surface area contributed by atoms with Crippen LogP contribution < -0.4 is 14.2 Å². The summed E-state index contributed by atoms with van der Waals surface area (Å²) < 4.78 is 22.8. The molecule has 3 aromatic carbocycles. The van der Waals surface area contributed by atoms with Crippen LogP contribution in [-0.2, 0) is 16.0 Å². The van der Waals surface area contributed by atoms with Crippen molar-refractivity contribution in [3.63, 3.8) is 0 Å². The number of methoxy groups -OCH3 is 1. The fraction of sp³-hybridized carbons (Fsp3) is 0.296. The van der Waals surface area contributed by atoms with E-state index in [0.717, 1.165) is 28.6 Å². The van der Waals surface area contributed by atoms with Crippen LogP contribution in [0.4, 0.5) is 0 Å². The van der Waals surface area contributed by atoms with Gasteiger partial charge in [0.2, 0.25) is 0 Å². The molecule has 3 atom stereocenters. The summed E-state index contributed by atoms with van der Waals surface area (Å²) in [6.07, 6.45) is 0.0550. The standard InChI is InChI=1S/C27H30O6/c1-19(31-23-11-9-21(10-12-23)18-26(30-3)27(28)29)17-20(2)32-24-13-15-25(16-14-24)33-22-7-5-4-6-8-22/h4-16,19-20,26H,17-18H2,1-3H3,(H,28,29)/t19-,20-,26+/m1/s1. The van der Waals surface area contributed by atoms with Gasteiger partial charge in [-0.15, -0.1) is 0 Å². The van der Waals surface area contributed by atoms with Gasteiger partial charge in [0.15, 0.2) is 6.10 Å². The Balaban J connectivity index is 1.45. The van der Waals surface area contributed by atoms with Crippen molar-refractivity contribution < 1.29 is 28.8 Å². The van der Waals surface area contributed by atoms with Crippen molar-refractivity contribution in [2.45, 2.75) is 45.0 Å². The second kappa shape index (κ2) is 11.9. The number of para-hydroxylation sites is 1. The van der Waals surface area contributed by atoms with Gasteiger partial charge in [0.1, 0.15) is 23.0 Å². The second-order valence-electron chi connectivity index (χ2n) is 7.89. The average molecular weight is 451 g/mol. The van der Waals surface area contributed by atoms with E-state index >= 15 is 0 Å². The largest absolute Gasteiger partial charge is 0.491 e. The summed E-state index contributed by atoms with van der Waals surface area (Å²) in [5.74, 6) is 2.06. The maximum absolute atomic E-state index is 11.1. The summed E-state index contributed by atoms with van der Waals surface area (Å²) >= 11 is 0. The van der Waals surface area contributed by atoms with Crippen molar-refractivity contribution in [3.8, 4) is 23.0 Å². The first-order valence-electron chi connectivity index (χ1n) is 10.9. The van der Waals surface area contributed by atoms with Gasteiger partial charge in [-0.05, 0) is 67.9 Å². The minimum absolute atomic E-state index is 0.0433. The van der Waals surface area contributed by atoms with Crippen LogP contribution in [0.3, 0.4) is 0 Å². The molecule has 0 saturated heterocycles. The first-order chi connectivity index (χ1) is 15.9. The lowest BCUT2D eigenvalue weighted by Gasteiger charge is -2.20. The Labute approximate surface area is 194 Å². The summed E-state index contributed by atoms with van der Waals surface area (Å²) in [5.41, 5.74) is 0.876. The van der Waals surface area contributed by atoms with E-state index in [1.165, 1.54) is 7.11 Å². The van der Waals surface area contributed by atoms with Crippen LogP contribution in [0.25, 0.3) is 0 Å². The van der Waals surface area contributed by atoms with Crippen LogP contribution in [0.2, 0.25) is 0 Å². The lowest BCUT2D eigenvalue weighted by molar-refractivity contribution is -0.148. The van der Waals surface area contributed by atoms with E-state index < -0.39 is 12.1 Å². The summed E-state index contributed by atoms with van der Waals surface area (Å²) in [6.45, 7) is 4.00. The Morgan fingerprint density at radius 2 is 1.24 bits per heavy atom. The van der Waals surface area contributed by atoms with Gasteiger partial charge in [-0.2, -0.15) is 0 Å². The zero-order chi connectivity index (χ0) is 23.6. The van der Waals surface area contributed by atoms with Crippen LogP contribution in [0.1, 0.15) is 25.8 Å². The molecule has 0 spiro atoms.